The lowest BCUT2D eigenvalue weighted by molar-refractivity contribution is 0.356. The number of piperidine rings is 1. The summed E-state index contributed by atoms with van der Waals surface area (Å²) < 4.78 is 2.21. The molecule has 0 saturated carbocycles. The first-order valence-corrected chi connectivity index (χ1v) is 8.49. The van der Waals surface area contributed by atoms with Crippen LogP contribution in [0.1, 0.15) is 31.3 Å². The van der Waals surface area contributed by atoms with Crippen LogP contribution in [0.5, 0.6) is 0 Å². The number of fused-ring (bicyclic) bond motifs is 1. The SMILES string of the molecule is Cc1nc(C2(C)CCN(c3ccncn3)CC2)c2sccn12. The molecule has 1 aliphatic rings. The molecule has 5 nitrogen and oxygen atoms in total. The number of hydrogen-bond acceptors (Lipinski definition) is 5. The zero-order chi connectivity index (χ0) is 15.2. The van der Waals surface area contributed by atoms with Crippen LogP contribution in [-0.4, -0.2) is 32.4 Å². The number of hydrogen-bond donors (Lipinski definition) is 0. The van der Waals surface area contributed by atoms with Crippen LogP contribution in [0.15, 0.2) is 30.2 Å². The lowest BCUT2D eigenvalue weighted by Crippen LogP contribution is -2.41. The van der Waals surface area contributed by atoms with E-state index in [4.69, 9.17) is 4.98 Å². The van der Waals surface area contributed by atoms with Crippen molar-refractivity contribution in [1.29, 1.82) is 0 Å². The van der Waals surface area contributed by atoms with Crippen molar-refractivity contribution in [3.63, 3.8) is 0 Å². The standard InChI is InChI=1S/C16H19N5S/c1-12-19-14(15-21(12)9-10-22-15)16(2)4-7-20(8-5-16)13-3-6-17-11-18-13/h3,6,9-11H,4-5,7-8H2,1-2H3. The van der Waals surface area contributed by atoms with Gasteiger partial charge in [0.2, 0.25) is 0 Å². The van der Waals surface area contributed by atoms with Gasteiger partial charge < -0.3 is 4.90 Å². The quantitative estimate of drug-likeness (QED) is 0.729. The highest BCUT2D eigenvalue weighted by molar-refractivity contribution is 7.15. The molecule has 22 heavy (non-hydrogen) atoms. The molecule has 3 aromatic rings. The van der Waals surface area contributed by atoms with E-state index < -0.39 is 0 Å². The van der Waals surface area contributed by atoms with E-state index in [0.717, 1.165) is 37.6 Å². The highest BCUT2D eigenvalue weighted by atomic mass is 32.1. The van der Waals surface area contributed by atoms with Gasteiger partial charge in [-0.1, -0.05) is 6.92 Å². The number of thiazole rings is 1. The van der Waals surface area contributed by atoms with Crippen LogP contribution in [-0.2, 0) is 5.41 Å². The fourth-order valence-corrected chi connectivity index (χ4v) is 4.32. The number of anilines is 1. The van der Waals surface area contributed by atoms with Crippen molar-refractivity contribution < 1.29 is 0 Å². The summed E-state index contributed by atoms with van der Waals surface area (Å²) in [6.45, 7) is 6.46. The lowest BCUT2D eigenvalue weighted by Gasteiger charge is -2.39. The number of imidazole rings is 1. The summed E-state index contributed by atoms with van der Waals surface area (Å²) in [7, 11) is 0. The zero-order valence-corrected chi connectivity index (χ0v) is 13.7. The Morgan fingerprint density at radius 1 is 1.27 bits per heavy atom. The Bertz CT molecular complexity index is 783. The summed E-state index contributed by atoms with van der Waals surface area (Å²) in [4.78, 5) is 16.9. The van der Waals surface area contributed by atoms with Crippen molar-refractivity contribution >= 4 is 22.0 Å². The second-order valence-corrected chi connectivity index (χ2v) is 7.10. The fraction of sp³-hybridized carbons (Fsp3) is 0.438. The third kappa shape index (κ3) is 2.09. The van der Waals surface area contributed by atoms with Crippen LogP contribution < -0.4 is 4.90 Å². The molecule has 0 aromatic carbocycles. The largest absolute Gasteiger partial charge is 0.356 e. The first kappa shape index (κ1) is 13.7. The van der Waals surface area contributed by atoms with Gasteiger partial charge in [-0.15, -0.1) is 11.3 Å². The Hall–Kier alpha value is -1.95. The first-order chi connectivity index (χ1) is 10.7. The van der Waals surface area contributed by atoms with Crippen molar-refractivity contribution in [2.45, 2.75) is 32.1 Å². The minimum atomic E-state index is 0.147. The number of nitrogens with zero attached hydrogens (tertiary/aromatic N) is 5. The fourth-order valence-electron chi connectivity index (χ4n) is 3.30. The molecule has 1 fully saturated rings. The highest BCUT2D eigenvalue weighted by Crippen LogP contribution is 2.39. The third-order valence-electron chi connectivity index (χ3n) is 4.76. The molecule has 1 saturated heterocycles. The predicted octanol–water partition coefficient (Wildman–Crippen LogP) is 3.05. The molecule has 0 spiro atoms. The van der Waals surface area contributed by atoms with Gasteiger partial charge in [-0.25, -0.2) is 15.0 Å². The Morgan fingerprint density at radius 3 is 2.82 bits per heavy atom. The molecule has 0 atom stereocenters. The summed E-state index contributed by atoms with van der Waals surface area (Å²) in [5.41, 5.74) is 1.41. The average molecular weight is 313 g/mol. The average Bonchev–Trinajstić information content (AvgIpc) is 3.13. The summed E-state index contributed by atoms with van der Waals surface area (Å²) in [5.74, 6) is 2.12. The number of aromatic nitrogens is 4. The van der Waals surface area contributed by atoms with Gasteiger partial charge in [0.05, 0.1) is 5.69 Å². The minimum absolute atomic E-state index is 0.147. The molecule has 114 valence electrons. The Balaban J connectivity index is 1.60. The van der Waals surface area contributed by atoms with Gasteiger partial charge in [0.1, 0.15) is 22.8 Å². The van der Waals surface area contributed by atoms with Crippen molar-refractivity contribution in [3.8, 4) is 0 Å². The van der Waals surface area contributed by atoms with Crippen LogP contribution in [0.2, 0.25) is 0 Å². The van der Waals surface area contributed by atoms with Gasteiger partial charge >= 0.3 is 0 Å². The molecule has 0 radical (unpaired) electrons. The Kier molecular flexibility index (Phi) is 3.14. The zero-order valence-electron chi connectivity index (χ0n) is 12.9. The maximum atomic E-state index is 4.87. The lowest BCUT2D eigenvalue weighted by atomic mass is 9.78. The molecule has 0 N–H and O–H groups in total. The van der Waals surface area contributed by atoms with Crippen LogP contribution in [0.3, 0.4) is 0 Å². The first-order valence-electron chi connectivity index (χ1n) is 7.61. The van der Waals surface area contributed by atoms with Gasteiger partial charge in [-0.05, 0) is 25.8 Å². The van der Waals surface area contributed by atoms with Crippen molar-refractivity contribution in [2.24, 2.45) is 0 Å². The molecule has 0 aliphatic carbocycles. The third-order valence-corrected chi connectivity index (χ3v) is 5.63. The van der Waals surface area contributed by atoms with Crippen molar-refractivity contribution in [1.82, 2.24) is 19.4 Å². The van der Waals surface area contributed by atoms with Gasteiger partial charge in [-0.2, -0.15) is 0 Å². The van der Waals surface area contributed by atoms with Crippen LogP contribution >= 0.6 is 11.3 Å². The van der Waals surface area contributed by atoms with Gasteiger partial charge in [0, 0.05) is 36.3 Å². The molecule has 0 unspecified atom stereocenters. The molecule has 1 aliphatic heterocycles. The van der Waals surface area contributed by atoms with E-state index in [1.54, 1.807) is 17.7 Å². The molecule has 6 heteroatoms. The van der Waals surface area contributed by atoms with Gasteiger partial charge in [0.25, 0.3) is 0 Å². The summed E-state index contributed by atoms with van der Waals surface area (Å²) in [6.07, 6.45) is 7.74. The smallest absolute Gasteiger partial charge is 0.131 e. The molecular weight excluding hydrogens is 294 g/mol. The Morgan fingerprint density at radius 2 is 2.09 bits per heavy atom. The maximum absolute atomic E-state index is 4.87. The Labute approximate surface area is 133 Å². The van der Waals surface area contributed by atoms with E-state index in [1.807, 2.05) is 12.3 Å². The van der Waals surface area contributed by atoms with Crippen LogP contribution in [0, 0.1) is 6.92 Å². The molecular formula is C16H19N5S. The van der Waals surface area contributed by atoms with E-state index in [1.165, 1.54) is 10.5 Å². The summed E-state index contributed by atoms with van der Waals surface area (Å²) >= 11 is 1.79. The molecule has 4 heterocycles. The van der Waals surface area contributed by atoms with E-state index in [2.05, 4.69) is 44.7 Å². The summed E-state index contributed by atoms with van der Waals surface area (Å²) in [5, 5.41) is 2.15. The van der Waals surface area contributed by atoms with E-state index in [9.17, 15) is 0 Å². The van der Waals surface area contributed by atoms with E-state index in [0.29, 0.717) is 0 Å². The van der Waals surface area contributed by atoms with E-state index in [-0.39, 0.29) is 5.41 Å². The molecule has 0 amide bonds. The predicted molar refractivity (Wildman–Crippen MR) is 88.6 cm³/mol. The van der Waals surface area contributed by atoms with Gasteiger partial charge in [0.15, 0.2) is 0 Å². The van der Waals surface area contributed by atoms with Gasteiger partial charge in [-0.3, -0.25) is 4.40 Å². The summed E-state index contributed by atoms with van der Waals surface area (Å²) in [6, 6.07) is 1.99. The van der Waals surface area contributed by atoms with Crippen molar-refractivity contribution in [2.75, 3.05) is 18.0 Å². The monoisotopic (exact) mass is 313 g/mol. The normalized spacial score (nSPS) is 18.0. The second-order valence-electron chi connectivity index (χ2n) is 6.20. The van der Waals surface area contributed by atoms with E-state index >= 15 is 0 Å². The molecule has 4 rings (SSSR count). The maximum Gasteiger partial charge on any atom is 0.131 e. The van der Waals surface area contributed by atoms with Crippen LogP contribution in [0.4, 0.5) is 5.82 Å². The van der Waals surface area contributed by atoms with Crippen molar-refractivity contribution in [3.05, 3.63) is 41.7 Å². The molecule has 3 aromatic heterocycles. The topological polar surface area (TPSA) is 46.3 Å². The van der Waals surface area contributed by atoms with Crippen LogP contribution in [0.25, 0.3) is 4.83 Å². The molecule has 0 bridgehead atoms. The second kappa shape index (κ2) is 5.05. The number of aryl methyl sites for hydroxylation is 1. The minimum Gasteiger partial charge on any atom is -0.356 e. The number of rotatable bonds is 2. The highest BCUT2D eigenvalue weighted by Gasteiger charge is 2.36.